The van der Waals surface area contributed by atoms with Crippen molar-refractivity contribution in [3.05, 3.63) is 41.6 Å². The predicted octanol–water partition coefficient (Wildman–Crippen LogP) is 1.63. The summed E-state index contributed by atoms with van der Waals surface area (Å²) in [5.74, 6) is 0.556. The summed E-state index contributed by atoms with van der Waals surface area (Å²) >= 11 is 0. The van der Waals surface area contributed by atoms with Crippen LogP contribution in [0.2, 0.25) is 0 Å². The third kappa shape index (κ3) is 4.18. The topological polar surface area (TPSA) is 73.6 Å². The number of anilines is 1. The maximum Gasteiger partial charge on any atom is 0.323 e. The van der Waals surface area contributed by atoms with Gasteiger partial charge in [0.25, 0.3) is 0 Å². The van der Waals surface area contributed by atoms with E-state index in [4.69, 9.17) is 5.11 Å². The van der Waals surface area contributed by atoms with Crippen LogP contribution >= 0.6 is 0 Å². The van der Waals surface area contributed by atoms with Crippen molar-refractivity contribution < 1.29 is 9.90 Å². The normalized spacial score (nSPS) is 15.4. The van der Waals surface area contributed by atoms with E-state index in [1.807, 2.05) is 48.9 Å². The number of nitrogens with zero attached hydrogens (tertiary/aromatic N) is 4. The highest BCUT2D eigenvalue weighted by Gasteiger charge is 2.21. The summed E-state index contributed by atoms with van der Waals surface area (Å²) in [5.41, 5.74) is 3.13. The third-order valence-corrected chi connectivity index (χ3v) is 4.48. The van der Waals surface area contributed by atoms with Gasteiger partial charge in [-0.2, -0.15) is 0 Å². The number of urea groups is 1. The smallest absolute Gasteiger partial charge is 0.323 e. The molecule has 1 aromatic heterocycles. The first-order valence-electron chi connectivity index (χ1n) is 8.59. The first kappa shape index (κ1) is 17.4. The molecule has 7 nitrogen and oxygen atoms in total. The summed E-state index contributed by atoms with van der Waals surface area (Å²) in [6.07, 6.45) is 0. The van der Waals surface area contributed by atoms with Gasteiger partial charge in [0.1, 0.15) is 0 Å². The van der Waals surface area contributed by atoms with Crippen LogP contribution in [0.25, 0.3) is 5.69 Å². The molecular weight excluding hydrogens is 318 g/mol. The van der Waals surface area contributed by atoms with E-state index < -0.39 is 0 Å². The zero-order chi connectivity index (χ0) is 17.8. The number of rotatable bonds is 4. The molecule has 1 saturated heterocycles. The Bertz CT molecular complexity index is 718. The van der Waals surface area contributed by atoms with E-state index in [2.05, 4.69) is 15.3 Å². The van der Waals surface area contributed by atoms with Crippen LogP contribution in [0.15, 0.2) is 30.3 Å². The molecule has 2 amide bonds. The summed E-state index contributed by atoms with van der Waals surface area (Å²) in [5, 5.41) is 16.4. The first-order chi connectivity index (χ1) is 12.1. The minimum Gasteiger partial charge on any atom is -0.395 e. The average Bonchev–Trinajstić information content (AvgIpc) is 2.97. The van der Waals surface area contributed by atoms with Crippen molar-refractivity contribution >= 4 is 11.8 Å². The lowest BCUT2D eigenvalue weighted by molar-refractivity contribution is 0.127. The number of aromatic nitrogens is 2. The molecule has 0 unspecified atom stereocenters. The van der Waals surface area contributed by atoms with Gasteiger partial charge in [-0.15, -0.1) is 5.10 Å². The van der Waals surface area contributed by atoms with Crippen molar-refractivity contribution in [2.45, 2.75) is 13.8 Å². The fourth-order valence-electron chi connectivity index (χ4n) is 2.99. The molecule has 0 atom stereocenters. The maximum absolute atomic E-state index is 12.4. The number of aliphatic hydroxyl groups is 1. The fourth-order valence-corrected chi connectivity index (χ4v) is 2.99. The molecule has 0 aliphatic carbocycles. The van der Waals surface area contributed by atoms with Crippen LogP contribution in [0.4, 0.5) is 10.6 Å². The van der Waals surface area contributed by atoms with Gasteiger partial charge in [0.05, 0.1) is 12.3 Å². The molecule has 25 heavy (non-hydrogen) atoms. The monoisotopic (exact) mass is 343 g/mol. The molecule has 0 spiro atoms. The van der Waals surface area contributed by atoms with Crippen LogP contribution in [0.3, 0.4) is 0 Å². The summed E-state index contributed by atoms with van der Waals surface area (Å²) in [6, 6.07) is 9.86. The highest BCUT2D eigenvalue weighted by Crippen LogP contribution is 2.16. The quantitative estimate of drug-likeness (QED) is 0.885. The Morgan fingerprint density at radius 1 is 1.16 bits per heavy atom. The molecule has 0 radical (unpaired) electrons. The number of benzene rings is 1. The number of carbonyl (C=O) groups is 1. The Morgan fingerprint density at radius 2 is 1.84 bits per heavy atom. The molecule has 7 heteroatoms. The van der Waals surface area contributed by atoms with Crippen LogP contribution in [0, 0.1) is 13.8 Å². The lowest BCUT2D eigenvalue weighted by Crippen LogP contribution is -2.50. The molecule has 134 valence electrons. The maximum atomic E-state index is 12.4. The second-order valence-corrected chi connectivity index (χ2v) is 6.40. The van der Waals surface area contributed by atoms with Crippen LogP contribution in [0.1, 0.15) is 11.3 Å². The van der Waals surface area contributed by atoms with Gasteiger partial charge < -0.3 is 10.0 Å². The number of piperazine rings is 1. The number of aliphatic hydroxyl groups excluding tert-OH is 1. The molecule has 3 rings (SSSR count). The molecule has 0 saturated carbocycles. The van der Waals surface area contributed by atoms with E-state index >= 15 is 0 Å². The molecule has 0 bridgehead atoms. The summed E-state index contributed by atoms with van der Waals surface area (Å²) in [6.45, 7) is 7.71. The summed E-state index contributed by atoms with van der Waals surface area (Å²) < 4.78 is 1.83. The van der Waals surface area contributed by atoms with Gasteiger partial charge in [0.15, 0.2) is 5.82 Å². The van der Waals surface area contributed by atoms with Crippen LogP contribution in [0.5, 0.6) is 0 Å². The second kappa shape index (κ2) is 7.67. The summed E-state index contributed by atoms with van der Waals surface area (Å²) in [4.78, 5) is 16.4. The van der Waals surface area contributed by atoms with Crippen molar-refractivity contribution in [2.24, 2.45) is 0 Å². The van der Waals surface area contributed by atoms with E-state index in [1.54, 1.807) is 4.90 Å². The molecule has 1 aromatic carbocycles. The van der Waals surface area contributed by atoms with Gasteiger partial charge in [-0.05, 0) is 26.0 Å². The van der Waals surface area contributed by atoms with E-state index in [0.29, 0.717) is 25.5 Å². The molecule has 1 fully saturated rings. The van der Waals surface area contributed by atoms with Crippen LogP contribution in [-0.2, 0) is 0 Å². The Kier molecular flexibility index (Phi) is 5.35. The number of carbonyl (C=O) groups excluding carboxylic acids is 1. The number of nitrogens with one attached hydrogen (secondary N) is 1. The third-order valence-electron chi connectivity index (χ3n) is 4.48. The average molecular weight is 343 g/mol. The number of amides is 2. The lowest BCUT2D eigenvalue weighted by Gasteiger charge is -2.34. The molecule has 2 aromatic rings. The largest absolute Gasteiger partial charge is 0.395 e. The molecular formula is C18H25N5O2. The highest BCUT2D eigenvalue weighted by atomic mass is 16.3. The Labute approximate surface area is 147 Å². The highest BCUT2D eigenvalue weighted by molar-refractivity contribution is 5.88. The molecule has 2 N–H and O–H groups in total. The molecule has 1 aliphatic heterocycles. The fraction of sp³-hybridized carbons (Fsp3) is 0.444. The molecule has 2 heterocycles. The van der Waals surface area contributed by atoms with Crippen molar-refractivity contribution in [3.63, 3.8) is 0 Å². The second-order valence-electron chi connectivity index (χ2n) is 6.40. The van der Waals surface area contributed by atoms with Crippen molar-refractivity contribution in [1.29, 1.82) is 0 Å². The number of hydrogen-bond donors (Lipinski definition) is 2. The lowest BCUT2D eigenvalue weighted by atomic mass is 10.2. The zero-order valence-corrected chi connectivity index (χ0v) is 14.8. The van der Waals surface area contributed by atoms with Crippen LogP contribution in [-0.4, -0.2) is 70.0 Å². The van der Waals surface area contributed by atoms with E-state index in [-0.39, 0.29) is 12.6 Å². The Balaban J connectivity index is 1.63. The summed E-state index contributed by atoms with van der Waals surface area (Å²) in [7, 11) is 0. The van der Waals surface area contributed by atoms with Gasteiger partial charge >= 0.3 is 6.03 Å². The van der Waals surface area contributed by atoms with E-state index in [1.165, 1.54) is 5.56 Å². The van der Waals surface area contributed by atoms with Crippen LogP contribution < -0.4 is 5.32 Å². The van der Waals surface area contributed by atoms with E-state index in [9.17, 15) is 4.79 Å². The standard InChI is InChI=1S/C18H25N5O2/c1-14-3-5-16(6-4-14)23-15(2)13-17(20-23)19-18(25)22-9-7-21(8-10-22)11-12-24/h3-6,13,24H,7-12H2,1-2H3,(H,19,20,25). The van der Waals surface area contributed by atoms with Gasteiger partial charge in [0.2, 0.25) is 0 Å². The van der Waals surface area contributed by atoms with Gasteiger partial charge in [-0.1, -0.05) is 17.7 Å². The van der Waals surface area contributed by atoms with Gasteiger partial charge in [-0.3, -0.25) is 10.2 Å². The number of β-amino-alcohol motifs (C(OH)–C–C–N with tert-alkyl or cyclic N) is 1. The minimum atomic E-state index is -0.128. The SMILES string of the molecule is Cc1ccc(-n2nc(NC(=O)N3CCN(CCO)CC3)cc2C)cc1. The van der Waals surface area contributed by atoms with Crippen molar-refractivity contribution in [1.82, 2.24) is 19.6 Å². The number of aryl methyl sites for hydroxylation is 2. The first-order valence-corrected chi connectivity index (χ1v) is 8.59. The van der Waals surface area contributed by atoms with Crippen molar-refractivity contribution in [2.75, 3.05) is 44.6 Å². The zero-order valence-electron chi connectivity index (χ0n) is 14.8. The van der Waals surface area contributed by atoms with E-state index in [0.717, 1.165) is 24.5 Å². The van der Waals surface area contributed by atoms with Crippen molar-refractivity contribution in [3.8, 4) is 5.69 Å². The van der Waals surface area contributed by atoms with Gasteiger partial charge in [0, 0.05) is 44.5 Å². The minimum absolute atomic E-state index is 0.128. The Hall–Kier alpha value is -2.38. The molecule has 1 aliphatic rings. The predicted molar refractivity (Wildman–Crippen MR) is 97.2 cm³/mol. The van der Waals surface area contributed by atoms with Gasteiger partial charge in [-0.25, -0.2) is 9.48 Å². The Morgan fingerprint density at radius 3 is 2.48 bits per heavy atom. The number of hydrogen-bond acceptors (Lipinski definition) is 4.